The SMILES string of the molecule is CCOCCOc1cccc(CNCc2ccccc2Cl)c1. The van der Waals surface area contributed by atoms with E-state index in [0.29, 0.717) is 13.2 Å². The van der Waals surface area contributed by atoms with E-state index in [2.05, 4.69) is 11.4 Å². The van der Waals surface area contributed by atoms with Gasteiger partial charge in [-0.05, 0) is 36.2 Å². The molecular formula is C18H22ClNO2. The minimum atomic E-state index is 0.574. The maximum Gasteiger partial charge on any atom is 0.119 e. The lowest BCUT2D eigenvalue weighted by atomic mass is 10.2. The smallest absolute Gasteiger partial charge is 0.119 e. The second-order valence-corrected chi connectivity index (χ2v) is 5.29. The highest BCUT2D eigenvalue weighted by Gasteiger charge is 2.00. The van der Waals surface area contributed by atoms with Crippen molar-refractivity contribution in [2.45, 2.75) is 20.0 Å². The quantitative estimate of drug-likeness (QED) is 0.707. The summed E-state index contributed by atoms with van der Waals surface area (Å²) in [5.41, 5.74) is 2.29. The predicted octanol–water partition coefficient (Wildman–Crippen LogP) is 4.05. The van der Waals surface area contributed by atoms with Gasteiger partial charge in [0, 0.05) is 24.7 Å². The van der Waals surface area contributed by atoms with Crippen LogP contribution in [0, 0.1) is 0 Å². The molecule has 0 aliphatic heterocycles. The molecule has 0 saturated heterocycles. The van der Waals surface area contributed by atoms with Gasteiger partial charge in [0.2, 0.25) is 0 Å². The molecule has 3 nitrogen and oxygen atoms in total. The molecule has 118 valence electrons. The van der Waals surface area contributed by atoms with E-state index in [1.54, 1.807) is 0 Å². The minimum Gasteiger partial charge on any atom is -0.491 e. The lowest BCUT2D eigenvalue weighted by Gasteiger charge is -2.09. The van der Waals surface area contributed by atoms with Gasteiger partial charge in [0.15, 0.2) is 0 Å². The Hall–Kier alpha value is -1.55. The molecule has 0 unspecified atom stereocenters. The van der Waals surface area contributed by atoms with E-state index in [1.165, 1.54) is 5.56 Å². The fourth-order valence-electron chi connectivity index (χ4n) is 2.09. The molecule has 0 aliphatic rings. The molecule has 2 rings (SSSR count). The van der Waals surface area contributed by atoms with Crippen LogP contribution >= 0.6 is 11.6 Å². The van der Waals surface area contributed by atoms with Gasteiger partial charge >= 0.3 is 0 Å². The zero-order valence-corrected chi connectivity index (χ0v) is 13.6. The highest BCUT2D eigenvalue weighted by Crippen LogP contribution is 2.16. The van der Waals surface area contributed by atoms with Crippen LogP contribution in [0.1, 0.15) is 18.1 Å². The average molecular weight is 320 g/mol. The first kappa shape index (κ1) is 16.8. The minimum absolute atomic E-state index is 0.574. The van der Waals surface area contributed by atoms with Gasteiger partial charge in [-0.2, -0.15) is 0 Å². The highest BCUT2D eigenvalue weighted by atomic mass is 35.5. The Morgan fingerprint density at radius 3 is 2.68 bits per heavy atom. The molecule has 0 spiro atoms. The molecule has 0 atom stereocenters. The van der Waals surface area contributed by atoms with Crippen LogP contribution in [0.3, 0.4) is 0 Å². The Labute approximate surface area is 137 Å². The van der Waals surface area contributed by atoms with Crippen LogP contribution in [0.25, 0.3) is 0 Å². The zero-order chi connectivity index (χ0) is 15.6. The number of benzene rings is 2. The first-order valence-electron chi connectivity index (χ1n) is 7.53. The van der Waals surface area contributed by atoms with Gasteiger partial charge in [0.05, 0.1) is 6.61 Å². The molecule has 2 aromatic rings. The molecule has 0 amide bonds. The van der Waals surface area contributed by atoms with E-state index in [9.17, 15) is 0 Å². The summed E-state index contributed by atoms with van der Waals surface area (Å²) < 4.78 is 10.9. The number of rotatable bonds is 9. The van der Waals surface area contributed by atoms with Crippen LogP contribution in [-0.4, -0.2) is 19.8 Å². The lowest BCUT2D eigenvalue weighted by Crippen LogP contribution is -2.13. The monoisotopic (exact) mass is 319 g/mol. The number of hydrogen-bond acceptors (Lipinski definition) is 3. The topological polar surface area (TPSA) is 30.5 Å². The third kappa shape index (κ3) is 5.68. The van der Waals surface area contributed by atoms with Gasteiger partial charge in [-0.15, -0.1) is 0 Å². The molecular weight excluding hydrogens is 298 g/mol. The highest BCUT2D eigenvalue weighted by molar-refractivity contribution is 6.31. The molecule has 1 N–H and O–H groups in total. The Bertz CT molecular complexity index is 575. The van der Waals surface area contributed by atoms with Crippen molar-refractivity contribution < 1.29 is 9.47 Å². The van der Waals surface area contributed by atoms with E-state index in [4.69, 9.17) is 21.1 Å². The average Bonchev–Trinajstić information content (AvgIpc) is 2.54. The Morgan fingerprint density at radius 1 is 1.00 bits per heavy atom. The molecule has 0 aliphatic carbocycles. The fraction of sp³-hybridized carbons (Fsp3) is 0.333. The van der Waals surface area contributed by atoms with Crippen LogP contribution < -0.4 is 10.1 Å². The predicted molar refractivity (Wildman–Crippen MR) is 90.4 cm³/mol. The van der Waals surface area contributed by atoms with E-state index >= 15 is 0 Å². The second-order valence-electron chi connectivity index (χ2n) is 4.89. The van der Waals surface area contributed by atoms with Crippen molar-refractivity contribution in [3.63, 3.8) is 0 Å². The third-order valence-electron chi connectivity index (χ3n) is 3.20. The maximum atomic E-state index is 6.14. The van der Waals surface area contributed by atoms with Crippen LogP contribution in [0.4, 0.5) is 0 Å². The summed E-state index contributed by atoms with van der Waals surface area (Å²) in [6, 6.07) is 16.0. The molecule has 2 aromatic carbocycles. The number of ether oxygens (including phenoxy) is 2. The van der Waals surface area contributed by atoms with Crippen molar-refractivity contribution in [1.82, 2.24) is 5.32 Å². The van der Waals surface area contributed by atoms with Gasteiger partial charge in [0.1, 0.15) is 12.4 Å². The van der Waals surface area contributed by atoms with Gasteiger partial charge in [-0.3, -0.25) is 0 Å². The Morgan fingerprint density at radius 2 is 1.86 bits per heavy atom. The van der Waals surface area contributed by atoms with Gasteiger partial charge in [-0.25, -0.2) is 0 Å². The molecule has 0 radical (unpaired) electrons. The Kier molecular flexibility index (Phi) is 7.23. The second kappa shape index (κ2) is 9.46. The fourth-order valence-corrected chi connectivity index (χ4v) is 2.29. The van der Waals surface area contributed by atoms with E-state index in [-0.39, 0.29) is 0 Å². The normalized spacial score (nSPS) is 10.6. The van der Waals surface area contributed by atoms with Crippen LogP contribution in [0.15, 0.2) is 48.5 Å². The van der Waals surface area contributed by atoms with Crippen LogP contribution in [0.2, 0.25) is 5.02 Å². The van der Waals surface area contributed by atoms with E-state index < -0.39 is 0 Å². The first-order chi connectivity index (χ1) is 10.8. The van der Waals surface area contributed by atoms with Gasteiger partial charge < -0.3 is 14.8 Å². The molecule has 0 bridgehead atoms. The van der Waals surface area contributed by atoms with E-state index in [1.807, 2.05) is 49.4 Å². The molecule has 0 aromatic heterocycles. The van der Waals surface area contributed by atoms with Crippen molar-refractivity contribution in [3.05, 3.63) is 64.7 Å². The van der Waals surface area contributed by atoms with Crippen LogP contribution in [0.5, 0.6) is 5.75 Å². The number of hydrogen-bond donors (Lipinski definition) is 1. The van der Waals surface area contributed by atoms with Gasteiger partial charge in [-0.1, -0.05) is 41.9 Å². The van der Waals surface area contributed by atoms with Crippen molar-refractivity contribution >= 4 is 11.6 Å². The largest absolute Gasteiger partial charge is 0.491 e. The third-order valence-corrected chi connectivity index (χ3v) is 3.57. The summed E-state index contributed by atoms with van der Waals surface area (Å²) in [7, 11) is 0. The molecule has 22 heavy (non-hydrogen) atoms. The van der Waals surface area contributed by atoms with Crippen LogP contribution in [-0.2, 0) is 17.8 Å². The standard InChI is InChI=1S/C18H22ClNO2/c1-2-21-10-11-22-17-8-5-6-15(12-17)13-20-14-16-7-3-4-9-18(16)19/h3-9,12,20H,2,10-11,13-14H2,1H3. The summed E-state index contributed by atoms with van der Waals surface area (Å²) >= 11 is 6.14. The van der Waals surface area contributed by atoms with Crippen molar-refractivity contribution in [3.8, 4) is 5.75 Å². The number of nitrogens with one attached hydrogen (secondary N) is 1. The van der Waals surface area contributed by atoms with Crippen molar-refractivity contribution in [2.24, 2.45) is 0 Å². The molecule has 0 saturated carbocycles. The summed E-state index contributed by atoms with van der Waals surface area (Å²) in [5.74, 6) is 0.872. The summed E-state index contributed by atoms with van der Waals surface area (Å²) in [5, 5.41) is 4.19. The molecule has 0 fully saturated rings. The number of halogens is 1. The first-order valence-corrected chi connectivity index (χ1v) is 7.91. The maximum absolute atomic E-state index is 6.14. The summed E-state index contributed by atoms with van der Waals surface area (Å²) in [4.78, 5) is 0. The zero-order valence-electron chi connectivity index (χ0n) is 12.8. The van der Waals surface area contributed by atoms with Crippen molar-refractivity contribution in [1.29, 1.82) is 0 Å². The summed E-state index contributed by atoms with van der Waals surface area (Å²) in [6.45, 7) is 5.40. The Balaban J connectivity index is 1.79. The van der Waals surface area contributed by atoms with Gasteiger partial charge in [0.25, 0.3) is 0 Å². The molecule has 0 heterocycles. The lowest BCUT2D eigenvalue weighted by molar-refractivity contribution is 0.110. The molecule has 4 heteroatoms. The summed E-state index contributed by atoms with van der Waals surface area (Å²) in [6.07, 6.45) is 0. The van der Waals surface area contributed by atoms with Crippen molar-refractivity contribution in [2.75, 3.05) is 19.8 Å². The van der Waals surface area contributed by atoms with E-state index in [0.717, 1.165) is 36.0 Å².